The molecular weight excluding hydrogens is 84.1 g/mol. The predicted molar refractivity (Wildman–Crippen MR) is 33.2 cm³/mol. The fourth-order valence-electron chi connectivity index (χ4n) is 0.500. The molecule has 0 N–H and O–H groups in total. The molecule has 0 radical (unpaired) electrons. The molecule has 0 unspecified atom stereocenters. The molecule has 0 aliphatic carbocycles. The van der Waals surface area contributed by atoms with Gasteiger partial charge in [0.25, 0.3) is 0 Å². The fraction of sp³-hybridized carbons (Fsp3) is 0.571. The normalized spacial score (nSPS) is 7.71. The molecule has 40 valence electrons. The molecule has 0 heterocycles. The molecule has 0 saturated heterocycles. The minimum Gasteiger partial charge on any atom is -0.130 e. The first-order chi connectivity index (χ1) is 3.35. The predicted octanol–water partition coefficient (Wildman–Crippen LogP) is 2.52. The minimum absolute atomic E-state index is 1.10. The van der Waals surface area contributed by atoms with E-state index in [0.29, 0.717) is 0 Å². The Morgan fingerprint density at radius 3 is 1.86 bits per heavy atom. The molecule has 0 aromatic rings. The van der Waals surface area contributed by atoms with Gasteiger partial charge in [0.1, 0.15) is 0 Å². The zero-order chi connectivity index (χ0) is 5.70. The van der Waals surface area contributed by atoms with Crippen molar-refractivity contribution < 1.29 is 0 Å². The number of allylic oxidation sites excluding steroid dienone is 1. The first-order valence-corrected chi connectivity index (χ1v) is 2.72. The van der Waals surface area contributed by atoms with Gasteiger partial charge < -0.3 is 0 Å². The SMILES string of the molecule is C=C=C(CC)CC. The Labute approximate surface area is 45.5 Å². The molecule has 0 aliphatic heterocycles. The maximum Gasteiger partial charge on any atom is -0.0273 e. The van der Waals surface area contributed by atoms with Gasteiger partial charge in [0.2, 0.25) is 0 Å². The Morgan fingerprint density at radius 2 is 1.86 bits per heavy atom. The van der Waals surface area contributed by atoms with Crippen LogP contribution in [-0.4, -0.2) is 0 Å². The molecule has 7 heavy (non-hydrogen) atoms. The summed E-state index contributed by atoms with van der Waals surface area (Å²) in [4.78, 5) is 0. The highest BCUT2D eigenvalue weighted by molar-refractivity contribution is 4.95. The lowest BCUT2D eigenvalue weighted by Gasteiger charge is -1.89. The topological polar surface area (TPSA) is 0 Å². The molecular formula is C7H12. The highest BCUT2D eigenvalue weighted by Gasteiger charge is 1.81. The van der Waals surface area contributed by atoms with E-state index < -0.39 is 0 Å². The third-order valence-electron chi connectivity index (χ3n) is 1.10. The zero-order valence-electron chi connectivity index (χ0n) is 5.12. The average Bonchev–Trinajstić information content (AvgIpc) is 1.72. The Balaban J connectivity index is 3.61. The van der Waals surface area contributed by atoms with Gasteiger partial charge in [-0.3, -0.25) is 0 Å². The summed E-state index contributed by atoms with van der Waals surface area (Å²) in [6, 6.07) is 0. The van der Waals surface area contributed by atoms with Crippen molar-refractivity contribution in [2.45, 2.75) is 26.7 Å². The van der Waals surface area contributed by atoms with Crippen molar-refractivity contribution in [3.05, 3.63) is 17.9 Å². The van der Waals surface area contributed by atoms with Gasteiger partial charge in [-0.15, -0.1) is 5.73 Å². The maximum atomic E-state index is 3.54. The van der Waals surface area contributed by atoms with Crippen molar-refractivity contribution in [3.8, 4) is 0 Å². The summed E-state index contributed by atoms with van der Waals surface area (Å²) >= 11 is 0. The molecule has 0 aromatic carbocycles. The van der Waals surface area contributed by atoms with Crippen LogP contribution in [0, 0.1) is 0 Å². The van der Waals surface area contributed by atoms with Gasteiger partial charge in [-0.05, 0) is 18.4 Å². The Hall–Kier alpha value is -0.480. The second-order valence-corrected chi connectivity index (χ2v) is 1.49. The van der Waals surface area contributed by atoms with Crippen LogP contribution < -0.4 is 0 Å². The van der Waals surface area contributed by atoms with Gasteiger partial charge in [-0.2, -0.15) is 0 Å². The van der Waals surface area contributed by atoms with Gasteiger partial charge in [0, 0.05) is 0 Å². The number of rotatable bonds is 2. The van der Waals surface area contributed by atoms with E-state index in [2.05, 4.69) is 26.2 Å². The summed E-state index contributed by atoms with van der Waals surface area (Å²) in [6.07, 6.45) is 2.19. The molecule has 0 aliphatic rings. The molecule has 0 nitrogen and oxygen atoms in total. The molecule has 0 rings (SSSR count). The summed E-state index contributed by atoms with van der Waals surface area (Å²) in [5, 5.41) is 0. The van der Waals surface area contributed by atoms with Gasteiger partial charge in [0.15, 0.2) is 0 Å². The zero-order valence-corrected chi connectivity index (χ0v) is 5.12. The third-order valence-corrected chi connectivity index (χ3v) is 1.10. The van der Waals surface area contributed by atoms with Crippen LogP contribution in [0.25, 0.3) is 0 Å². The number of hydrogen-bond acceptors (Lipinski definition) is 0. The molecule has 0 heteroatoms. The van der Waals surface area contributed by atoms with E-state index >= 15 is 0 Å². The lowest BCUT2D eigenvalue weighted by Crippen LogP contribution is -1.70. The summed E-state index contributed by atoms with van der Waals surface area (Å²) in [7, 11) is 0. The van der Waals surface area contributed by atoms with Crippen molar-refractivity contribution in [3.63, 3.8) is 0 Å². The maximum absolute atomic E-state index is 3.54. The Bertz CT molecular complexity index is 78.2. The van der Waals surface area contributed by atoms with E-state index in [0.717, 1.165) is 12.8 Å². The lowest BCUT2D eigenvalue weighted by molar-refractivity contribution is 0.983. The third kappa shape index (κ3) is 2.24. The summed E-state index contributed by atoms with van der Waals surface area (Å²) < 4.78 is 0. The quantitative estimate of drug-likeness (QED) is 0.463. The molecule has 0 aromatic heterocycles. The van der Waals surface area contributed by atoms with Crippen molar-refractivity contribution in [1.82, 2.24) is 0 Å². The van der Waals surface area contributed by atoms with Crippen LogP contribution in [-0.2, 0) is 0 Å². The highest BCUT2D eigenvalue weighted by Crippen LogP contribution is 2.00. The molecule has 0 saturated carbocycles. The standard InChI is InChI=1S/C7H12/c1-4-7(5-2)6-3/h1,5-6H2,2-3H3. The molecule has 0 fully saturated rings. The lowest BCUT2D eigenvalue weighted by atomic mass is 10.2. The Kier molecular flexibility index (Phi) is 3.45. The van der Waals surface area contributed by atoms with Gasteiger partial charge in [-0.1, -0.05) is 20.4 Å². The van der Waals surface area contributed by atoms with Crippen molar-refractivity contribution in [1.29, 1.82) is 0 Å². The van der Waals surface area contributed by atoms with E-state index in [-0.39, 0.29) is 0 Å². The summed E-state index contributed by atoms with van der Waals surface area (Å²) in [5.41, 5.74) is 4.19. The molecule has 0 spiro atoms. The summed E-state index contributed by atoms with van der Waals surface area (Å²) in [6.45, 7) is 7.78. The van der Waals surface area contributed by atoms with Crippen LogP contribution >= 0.6 is 0 Å². The summed E-state index contributed by atoms with van der Waals surface area (Å²) in [5.74, 6) is 0. The number of hydrogen-bond donors (Lipinski definition) is 0. The molecule has 0 bridgehead atoms. The van der Waals surface area contributed by atoms with Gasteiger partial charge in [0.05, 0.1) is 0 Å². The van der Waals surface area contributed by atoms with Crippen molar-refractivity contribution in [2.24, 2.45) is 0 Å². The first-order valence-electron chi connectivity index (χ1n) is 2.72. The molecule has 0 atom stereocenters. The van der Waals surface area contributed by atoms with E-state index in [1.54, 1.807) is 0 Å². The highest BCUT2D eigenvalue weighted by atomic mass is 13.9. The van der Waals surface area contributed by atoms with Crippen molar-refractivity contribution in [2.75, 3.05) is 0 Å². The van der Waals surface area contributed by atoms with Gasteiger partial charge in [-0.25, -0.2) is 0 Å². The first kappa shape index (κ1) is 6.52. The monoisotopic (exact) mass is 96.1 g/mol. The van der Waals surface area contributed by atoms with Crippen LogP contribution in [0.5, 0.6) is 0 Å². The smallest absolute Gasteiger partial charge is 0.0273 e. The fourth-order valence-corrected chi connectivity index (χ4v) is 0.500. The van der Waals surface area contributed by atoms with E-state index in [1.807, 2.05) is 0 Å². The van der Waals surface area contributed by atoms with Crippen LogP contribution in [0.1, 0.15) is 26.7 Å². The largest absolute Gasteiger partial charge is 0.130 e. The van der Waals surface area contributed by atoms with Crippen molar-refractivity contribution >= 4 is 0 Å². The minimum atomic E-state index is 1.10. The van der Waals surface area contributed by atoms with Crippen LogP contribution in [0.2, 0.25) is 0 Å². The van der Waals surface area contributed by atoms with E-state index in [1.165, 1.54) is 5.57 Å². The van der Waals surface area contributed by atoms with E-state index in [4.69, 9.17) is 0 Å². The van der Waals surface area contributed by atoms with Crippen LogP contribution in [0.3, 0.4) is 0 Å². The van der Waals surface area contributed by atoms with Crippen LogP contribution in [0.15, 0.2) is 17.9 Å². The average molecular weight is 96.2 g/mol. The second-order valence-electron chi connectivity index (χ2n) is 1.49. The van der Waals surface area contributed by atoms with Crippen LogP contribution in [0.4, 0.5) is 0 Å². The van der Waals surface area contributed by atoms with Gasteiger partial charge >= 0.3 is 0 Å². The second kappa shape index (κ2) is 3.70. The van der Waals surface area contributed by atoms with E-state index in [9.17, 15) is 0 Å². The molecule has 0 amide bonds. The Morgan fingerprint density at radius 1 is 1.43 bits per heavy atom.